The number of hydrogen-bond donors (Lipinski definition) is 4. The van der Waals surface area contributed by atoms with Crippen molar-refractivity contribution in [1.29, 1.82) is 0 Å². The molecule has 2 aromatic carbocycles. The van der Waals surface area contributed by atoms with Gasteiger partial charge >= 0.3 is 11.9 Å². The van der Waals surface area contributed by atoms with Gasteiger partial charge in [0.15, 0.2) is 6.29 Å². The molecular weight excluding hydrogens is 605 g/mol. The van der Waals surface area contributed by atoms with Gasteiger partial charge in [-0.05, 0) is 43.4 Å². The lowest BCUT2D eigenvalue weighted by Gasteiger charge is -2.47. The summed E-state index contributed by atoms with van der Waals surface area (Å²) in [5, 5.41) is 34.8. The highest BCUT2D eigenvalue weighted by Crippen LogP contribution is 2.53. The molecular formula is C30H34Cl3N3O6. The van der Waals surface area contributed by atoms with E-state index >= 15 is 0 Å². The van der Waals surface area contributed by atoms with Crippen molar-refractivity contribution in [1.82, 2.24) is 15.1 Å². The van der Waals surface area contributed by atoms with E-state index in [2.05, 4.69) is 5.32 Å². The maximum absolute atomic E-state index is 13.4. The molecule has 4 rings (SSSR count). The van der Waals surface area contributed by atoms with E-state index in [4.69, 9.17) is 23.2 Å². The molecule has 2 atom stereocenters. The molecule has 2 heterocycles. The average molecular weight is 639 g/mol. The van der Waals surface area contributed by atoms with Gasteiger partial charge in [-0.2, -0.15) is 0 Å². The average Bonchev–Trinajstić information content (AvgIpc) is 2.96. The van der Waals surface area contributed by atoms with Gasteiger partial charge in [-0.3, -0.25) is 9.69 Å². The standard InChI is InChI=1S/C30H33Cl2N3O6.ClH/c31-22-8-4-9-23(32)26(22)30(12-5-17-36)21(28(38)39)18-35(25(19-37)34-15-13-33-14-16-34)24(27(30)29(40)41)11-10-20-6-2-1-3-7-20;/h1-4,6-9,18-19,25,33,36H,5,10-17H2,(H,38,39)(H,40,41);1H. The molecule has 1 saturated heterocycles. The Morgan fingerprint density at radius 2 is 1.62 bits per heavy atom. The molecule has 0 aromatic heterocycles. The van der Waals surface area contributed by atoms with E-state index in [1.54, 1.807) is 6.07 Å². The summed E-state index contributed by atoms with van der Waals surface area (Å²) in [7, 11) is 0. The van der Waals surface area contributed by atoms with Crippen LogP contribution >= 0.6 is 35.6 Å². The summed E-state index contributed by atoms with van der Waals surface area (Å²) in [5.41, 5.74) is -0.947. The third-order valence-electron chi connectivity index (χ3n) is 7.72. The highest BCUT2D eigenvalue weighted by Gasteiger charge is 2.53. The minimum Gasteiger partial charge on any atom is -0.478 e. The minimum atomic E-state index is -1.81. The van der Waals surface area contributed by atoms with Crippen molar-refractivity contribution in [2.75, 3.05) is 32.8 Å². The van der Waals surface area contributed by atoms with Gasteiger partial charge in [0.2, 0.25) is 0 Å². The third kappa shape index (κ3) is 6.67. The van der Waals surface area contributed by atoms with Crippen LogP contribution in [0, 0.1) is 0 Å². The van der Waals surface area contributed by atoms with E-state index in [0.29, 0.717) is 38.9 Å². The number of aliphatic hydroxyl groups excluding tert-OH is 1. The number of halogens is 3. The second-order valence-corrected chi connectivity index (χ2v) is 10.8. The molecule has 0 radical (unpaired) electrons. The molecule has 2 aliphatic heterocycles. The van der Waals surface area contributed by atoms with Gasteiger partial charge in [-0.15, -0.1) is 12.4 Å². The number of carbonyl (C=O) groups is 3. The van der Waals surface area contributed by atoms with Gasteiger partial charge in [0.25, 0.3) is 0 Å². The van der Waals surface area contributed by atoms with Crippen LogP contribution in [0.3, 0.4) is 0 Å². The molecule has 4 N–H and O–H groups in total. The zero-order chi connectivity index (χ0) is 29.6. The summed E-state index contributed by atoms with van der Waals surface area (Å²) < 4.78 is 0. The Balaban J connectivity index is 0.00000484. The molecule has 1 fully saturated rings. The highest BCUT2D eigenvalue weighted by atomic mass is 35.5. The number of nitrogens with zero attached hydrogens (tertiary/aromatic N) is 2. The first kappa shape index (κ1) is 33.6. The summed E-state index contributed by atoms with van der Waals surface area (Å²) in [6.07, 6.45) is 1.75. The Kier molecular flexibility index (Phi) is 12.0. The maximum Gasteiger partial charge on any atom is 0.334 e. The first-order valence-electron chi connectivity index (χ1n) is 13.5. The van der Waals surface area contributed by atoms with Crippen molar-refractivity contribution in [3.8, 4) is 0 Å². The number of carbonyl (C=O) groups excluding carboxylic acids is 1. The van der Waals surface area contributed by atoms with E-state index in [9.17, 15) is 29.7 Å². The number of benzene rings is 2. The summed E-state index contributed by atoms with van der Waals surface area (Å²) in [6, 6.07) is 14.2. The normalized spacial score (nSPS) is 20.0. The van der Waals surface area contributed by atoms with Crippen LogP contribution in [0.2, 0.25) is 10.0 Å². The van der Waals surface area contributed by atoms with Crippen molar-refractivity contribution in [2.45, 2.75) is 37.3 Å². The lowest BCUT2D eigenvalue weighted by Crippen LogP contribution is -2.56. The molecule has 2 unspecified atom stereocenters. The molecule has 0 aliphatic carbocycles. The zero-order valence-electron chi connectivity index (χ0n) is 22.8. The van der Waals surface area contributed by atoms with Crippen molar-refractivity contribution in [3.05, 3.63) is 92.7 Å². The zero-order valence-corrected chi connectivity index (χ0v) is 25.2. The molecule has 0 bridgehead atoms. The van der Waals surface area contributed by atoms with Crippen LogP contribution in [0.5, 0.6) is 0 Å². The number of rotatable bonds is 12. The summed E-state index contributed by atoms with van der Waals surface area (Å²) in [6.45, 7) is 1.95. The number of allylic oxidation sites excluding steroid dienone is 1. The van der Waals surface area contributed by atoms with Gasteiger partial charge in [-0.1, -0.05) is 59.6 Å². The quantitative estimate of drug-likeness (QED) is 0.254. The monoisotopic (exact) mass is 637 g/mol. The van der Waals surface area contributed by atoms with Crippen molar-refractivity contribution in [3.63, 3.8) is 0 Å². The van der Waals surface area contributed by atoms with Crippen LogP contribution in [0.15, 0.2) is 71.6 Å². The van der Waals surface area contributed by atoms with E-state index in [-0.39, 0.29) is 70.7 Å². The predicted molar refractivity (Wildman–Crippen MR) is 163 cm³/mol. The predicted octanol–water partition coefficient (Wildman–Crippen LogP) is 4.11. The Morgan fingerprint density at radius 3 is 2.17 bits per heavy atom. The van der Waals surface area contributed by atoms with Crippen molar-refractivity contribution < 1.29 is 29.7 Å². The van der Waals surface area contributed by atoms with Crippen LogP contribution in [0.25, 0.3) is 0 Å². The van der Waals surface area contributed by atoms with Crippen LogP contribution < -0.4 is 5.32 Å². The molecule has 0 amide bonds. The lowest BCUT2D eigenvalue weighted by atomic mass is 9.63. The van der Waals surface area contributed by atoms with Gasteiger partial charge in [-0.25, -0.2) is 9.59 Å². The largest absolute Gasteiger partial charge is 0.478 e. The number of aliphatic carboxylic acids is 2. The smallest absolute Gasteiger partial charge is 0.334 e. The summed E-state index contributed by atoms with van der Waals surface area (Å²) in [4.78, 5) is 42.5. The molecule has 0 spiro atoms. The number of aryl methyl sites for hydroxylation is 1. The van der Waals surface area contributed by atoms with Gasteiger partial charge < -0.3 is 25.5 Å². The van der Waals surface area contributed by atoms with E-state index in [0.717, 1.165) is 5.56 Å². The Hall–Kier alpha value is -2.92. The van der Waals surface area contributed by atoms with Gasteiger partial charge in [0.1, 0.15) is 6.17 Å². The Morgan fingerprint density at radius 1 is 0.976 bits per heavy atom. The molecule has 2 aromatic rings. The molecule has 0 saturated carbocycles. The number of nitrogens with one attached hydrogen (secondary N) is 1. The topological polar surface area (TPSA) is 130 Å². The van der Waals surface area contributed by atoms with Crippen molar-refractivity contribution in [2.24, 2.45) is 0 Å². The number of piperazine rings is 1. The van der Waals surface area contributed by atoms with Crippen LogP contribution in [0.4, 0.5) is 0 Å². The molecule has 12 heteroatoms. The number of hydrogen-bond acceptors (Lipinski definition) is 7. The fourth-order valence-electron chi connectivity index (χ4n) is 5.95. The number of carboxylic acid groups (broad SMARTS) is 2. The molecule has 2 aliphatic rings. The van der Waals surface area contributed by atoms with Crippen LogP contribution in [-0.4, -0.2) is 82.3 Å². The minimum absolute atomic E-state index is 0. The maximum atomic E-state index is 13.4. The van der Waals surface area contributed by atoms with Crippen LogP contribution in [0.1, 0.15) is 30.4 Å². The van der Waals surface area contributed by atoms with Crippen LogP contribution in [-0.2, 0) is 26.2 Å². The van der Waals surface area contributed by atoms with Crippen molar-refractivity contribution >= 4 is 53.8 Å². The number of aldehydes is 1. The number of aliphatic hydroxyl groups is 1. The Labute approximate surface area is 260 Å². The van der Waals surface area contributed by atoms with Gasteiger partial charge in [0, 0.05) is 60.3 Å². The van der Waals surface area contributed by atoms with E-state index in [1.165, 1.54) is 23.2 Å². The molecule has 42 heavy (non-hydrogen) atoms. The molecule has 226 valence electrons. The highest BCUT2D eigenvalue weighted by molar-refractivity contribution is 6.36. The summed E-state index contributed by atoms with van der Waals surface area (Å²) >= 11 is 13.3. The SMILES string of the molecule is Cl.O=CC(N1CCNCC1)N1C=C(C(=O)O)C(CCCO)(c2c(Cl)cccc2Cl)C(C(=O)O)=C1CCc1ccccc1. The second kappa shape index (κ2) is 15.0. The third-order valence-corrected chi connectivity index (χ3v) is 8.35. The van der Waals surface area contributed by atoms with Gasteiger partial charge in [0.05, 0.1) is 16.6 Å². The Bertz CT molecular complexity index is 1330. The fourth-order valence-corrected chi connectivity index (χ4v) is 6.67. The fraction of sp³-hybridized carbons (Fsp3) is 0.367. The first-order valence-corrected chi connectivity index (χ1v) is 14.2. The lowest BCUT2D eigenvalue weighted by molar-refractivity contribution is -0.135. The van der Waals surface area contributed by atoms with E-state index in [1.807, 2.05) is 35.2 Å². The summed E-state index contributed by atoms with van der Waals surface area (Å²) in [5.74, 6) is -2.74. The number of carboxylic acids is 2. The first-order chi connectivity index (χ1) is 19.8. The second-order valence-electron chi connectivity index (χ2n) is 10.0. The van der Waals surface area contributed by atoms with E-state index < -0.39 is 23.5 Å². The molecule has 9 nitrogen and oxygen atoms in total.